The average molecular weight is 337 g/mol. The molecule has 25 heavy (non-hydrogen) atoms. The number of amides is 2. The molecule has 0 aliphatic carbocycles. The highest BCUT2D eigenvalue weighted by molar-refractivity contribution is 5.89. The van der Waals surface area contributed by atoms with E-state index < -0.39 is 0 Å². The maximum Gasteiger partial charge on any atom is 0.319 e. The van der Waals surface area contributed by atoms with E-state index in [1.807, 2.05) is 37.3 Å². The zero-order chi connectivity index (χ0) is 17.6. The summed E-state index contributed by atoms with van der Waals surface area (Å²) in [7, 11) is 0. The first-order chi connectivity index (χ1) is 12.1. The Kier molecular flexibility index (Phi) is 5.71. The van der Waals surface area contributed by atoms with Crippen LogP contribution in [0.15, 0.2) is 54.6 Å². The number of likely N-dealkylation sites (tertiary alicyclic amines) is 1. The molecule has 0 unspecified atom stereocenters. The molecule has 0 spiro atoms. The number of anilines is 1. The van der Waals surface area contributed by atoms with E-state index in [4.69, 9.17) is 0 Å². The van der Waals surface area contributed by atoms with Crippen LogP contribution in [-0.4, -0.2) is 30.1 Å². The summed E-state index contributed by atoms with van der Waals surface area (Å²) in [5.41, 5.74) is 3.21. The number of carbonyl (C=O) groups is 1. The molecule has 1 fully saturated rings. The topological polar surface area (TPSA) is 44.4 Å². The third-order valence-corrected chi connectivity index (χ3v) is 4.78. The molecule has 4 nitrogen and oxygen atoms in total. The van der Waals surface area contributed by atoms with Crippen molar-refractivity contribution in [3.8, 4) is 0 Å². The van der Waals surface area contributed by atoms with Crippen LogP contribution in [0, 0.1) is 6.92 Å². The summed E-state index contributed by atoms with van der Waals surface area (Å²) in [6.07, 6.45) is 2.46. The number of nitrogens with one attached hydrogen (secondary N) is 2. The minimum atomic E-state index is -0.154. The first kappa shape index (κ1) is 17.5. The van der Waals surface area contributed by atoms with Gasteiger partial charge >= 0.3 is 6.03 Å². The summed E-state index contributed by atoms with van der Waals surface area (Å²) in [5.74, 6) is 0. The number of carbonyl (C=O) groups excluding carboxylic acids is 1. The number of hydrogen-bond donors (Lipinski definition) is 2. The van der Waals surface area contributed by atoms with Gasteiger partial charge in [-0.3, -0.25) is 4.90 Å². The summed E-state index contributed by atoms with van der Waals surface area (Å²) < 4.78 is 0. The summed E-state index contributed by atoms with van der Waals surface area (Å²) in [4.78, 5) is 14.9. The molecule has 2 amide bonds. The van der Waals surface area contributed by atoms with E-state index in [0.29, 0.717) is 0 Å². The van der Waals surface area contributed by atoms with E-state index in [2.05, 4.69) is 46.7 Å². The van der Waals surface area contributed by atoms with Crippen LogP contribution in [0.25, 0.3) is 0 Å². The predicted octanol–water partition coefficient (Wildman–Crippen LogP) is 4.34. The quantitative estimate of drug-likeness (QED) is 0.852. The molecular weight excluding hydrogens is 310 g/mol. The molecule has 2 N–H and O–H groups in total. The van der Waals surface area contributed by atoms with Gasteiger partial charge in [0.05, 0.1) is 6.04 Å². The van der Waals surface area contributed by atoms with E-state index >= 15 is 0 Å². The molecule has 2 aromatic carbocycles. The number of hydrogen-bond acceptors (Lipinski definition) is 2. The number of nitrogens with zero attached hydrogens (tertiary/aromatic N) is 1. The van der Waals surface area contributed by atoms with Crippen molar-refractivity contribution in [1.29, 1.82) is 0 Å². The summed E-state index contributed by atoms with van der Waals surface area (Å²) in [6, 6.07) is 18.4. The molecule has 2 atom stereocenters. The van der Waals surface area contributed by atoms with Crippen LogP contribution in [0.3, 0.4) is 0 Å². The van der Waals surface area contributed by atoms with Crippen molar-refractivity contribution < 1.29 is 4.79 Å². The average Bonchev–Trinajstić information content (AvgIpc) is 3.10. The van der Waals surface area contributed by atoms with Gasteiger partial charge in [0.25, 0.3) is 0 Å². The van der Waals surface area contributed by atoms with E-state index in [1.165, 1.54) is 18.4 Å². The lowest BCUT2D eigenvalue weighted by Gasteiger charge is -2.33. The van der Waals surface area contributed by atoms with Crippen molar-refractivity contribution in [2.75, 3.05) is 18.4 Å². The Morgan fingerprint density at radius 3 is 2.44 bits per heavy atom. The van der Waals surface area contributed by atoms with Gasteiger partial charge in [0.2, 0.25) is 0 Å². The van der Waals surface area contributed by atoms with E-state index in [-0.39, 0.29) is 18.1 Å². The lowest BCUT2D eigenvalue weighted by Crippen LogP contribution is -2.45. The highest BCUT2D eigenvalue weighted by atomic mass is 16.2. The van der Waals surface area contributed by atoms with Crippen molar-refractivity contribution in [2.24, 2.45) is 0 Å². The zero-order valence-electron chi connectivity index (χ0n) is 15.0. The molecule has 1 saturated heterocycles. The van der Waals surface area contributed by atoms with Gasteiger partial charge in [-0.1, -0.05) is 42.5 Å². The van der Waals surface area contributed by atoms with Crippen LogP contribution in [-0.2, 0) is 0 Å². The van der Waals surface area contributed by atoms with Crippen LogP contribution in [0.5, 0.6) is 0 Å². The fraction of sp³-hybridized carbons (Fsp3) is 0.381. The lowest BCUT2D eigenvalue weighted by molar-refractivity contribution is 0.197. The molecule has 132 valence electrons. The van der Waals surface area contributed by atoms with E-state index in [9.17, 15) is 4.79 Å². The monoisotopic (exact) mass is 337 g/mol. The van der Waals surface area contributed by atoms with Crippen LogP contribution in [0.1, 0.15) is 36.9 Å². The summed E-state index contributed by atoms with van der Waals surface area (Å²) in [6.45, 7) is 6.28. The Balaban J connectivity index is 1.69. The maximum atomic E-state index is 12.4. The van der Waals surface area contributed by atoms with Crippen LogP contribution in [0.4, 0.5) is 10.5 Å². The van der Waals surface area contributed by atoms with Gasteiger partial charge in [0.1, 0.15) is 0 Å². The van der Waals surface area contributed by atoms with Crippen molar-refractivity contribution in [1.82, 2.24) is 10.2 Å². The number of urea groups is 1. The van der Waals surface area contributed by atoms with Gasteiger partial charge in [0.15, 0.2) is 0 Å². The predicted molar refractivity (Wildman–Crippen MR) is 103 cm³/mol. The standard InChI is InChI=1S/C21H27N3O/c1-16-9-8-12-19(15-16)23-21(25)22-17(2)20(24-13-6-7-14-24)18-10-4-3-5-11-18/h3-5,8-12,15,17,20H,6-7,13-14H2,1-2H3,(H2,22,23,25)/t17-,20-/m1/s1. The first-order valence-corrected chi connectivity index (χ1v) is 9.06. The molecule has 0 saturated carbocycles. The van der Waals surface area contributed by atoms with E-state index in [1.54, 1.807) is 0 Å². The second-order valence-electron chi connectivity index (χ2n) is 6.86. The molecule has 0 aromatic heterocycles. The van der Waals surface area contributed by atoms with Crippen molar-refractivity contribution in [3.05, 3.63) is 65.7 Å². The molecule has 1 aliphatic heterocycles. The Morgan fingerprint density at radius 2 is 1.76 bits per heavy atom. The lowest BCUT2D eigenvalue weighted by atomic mass is 9.99. The van der Waals surface area contributed by atoms with Gasteiger partial charge in [-0.2, -0.15) is 0 Å². The minimum Gasteiger partial charge on any atom is -0.333 e. The number of aryl methyl sites for hydroxylation is 1. The molecule has 0 radical (unpaired) electrons. The van der Waals surface area contributed by atoms with Gasteiger partial charge < -0.3 is 10.6 Å². The second kappa shape index (κ2) is 8.17. The highest BCUT2D eigenvalue weighted by Crippen LogP contribution is 2.28. The Morgan fingerprint density at radius 1 is 1.04 bits per heavy atom. The van der Waals surface area contributed by atoms with Crippen molar-refractivity contribution in [2.45, 2.75) is 38.8 Å². The molecular formula is C21H27N3O. The molecule has 3 rings (SSSR count). The molecule has 2 aromatic rings. The zero-order valence-corrected chi connectivity index (χ0v) is 15.0. The second-order valence-corrected chi connectivity index (χ2v) is 6.86. The fourth-order valence-electron chi connectivity index (χ4n) is 3.66. The number of rotatable bonds is 5. The Labute approximate surface area is 150 Å². The molecule has 4 heteroatoms. The van der Waals surface area contributed by atoms with E-state index in [0.717, 1.165) is 24.3 Å². The van der Waals surface area contributed by atoms with Gasteiger partial charge in [-0.25, -0.2) is 4.79 Å². The minimum absolute atomic E-state index is 0.0188. The van der Waals surface area contributed by atoms with Gasteiger partial charge in [-0.15, -0.1) is 0 Å². The largest absolute Gasteiger partial charge is 0.333 e. The van der Waals surface area contributed by atoms with Crippen LogP contribution in [0.2, 0.25) is 0 Å². The summed E-state index contributed by atoms with van der Waals surface area (Å²) in [5, 5.41) is 6.07. The third-order valence-electron chi connectivity index (χ3n) is 4.78. The van der Waals surface area contributed by atoms with Crippen LogP contribution >= 0.6 is 0 Å². The fourth-order valence-corrected chi connectivity index (χ4v) is 3.66. The third kappa shape index (κ3) is 4.60. The molecule has 0 bridgehead atoms. The number of benzene rings is 2. The van der Waals surface area contributed by atoms with Crippen molar-refractivity contribution >= 4 is 11.7 Å². The van der Waals surface area contributed by atoms with Gasteiger partial charge in [0, 0.05) is 11.7 Å². The summed E-state index contributed by atoms with van der Waals surface area (Å²) >= 11 is 0. The first-order valence-electron chi connectivity index (χ1n) is 9.06. The van der Waals surface area contributed by atoms with Crippen LogP contribution < -0.4 is 10.6 Å². The smallest absolute Gasteiger partial charge is 0.319 e. The highest BCUT2D eigenvalue weighted by Gasteiger charge is 2.29. The SMILES string of the molecule is Cc1cccc(NC(=O)N[C@H](C)[C@H](c2ccccc2)N2CCCC2)c1. The Hall–Kier alpha value is -2.33. The Bertz CT molecular complexity index is 695. The van der Waals surface area contributed by atoms with Crippen molar-refractivity contribution in [3.63, 3.8) is 0 Å². The molecule has 1 heterocycles. The maximum absolute atomic E-state index is 12.4. The normalized spacial score (nSPS) is 17.0. The molecule has 1 aliphatic rings. The van der Waals surface area contributed by atoms with Gasteiger partial charge in [-0.05, 0) is 63.0 Å².